The number of halogens is 1. The van der Waals surface area contributed by atoms with Crippen molar-refractivity contribution < 1.29 is 0 Å². The molecule has 0 aliphatic carbocycles. The summed E-state index contributed by atoms with van der Waals surface area (Å²) in [6, 6.07) is 2.46. The van der Waals surface area contributed by atoms with Crippen LogP contribution in [0.15, 0.2) is 12.3 Å². The van der Waals surface area contributed by atoms with Gasteiger partial charge in [-0.1, -0.05) is 11.6 Å². The van der Waals surface area contributed by atoms with Crippen molar-refractivity contribution in [2.75, 3.05) is 4.72 Å². The van der Waals surface area contributed by atoms with Crippen LogP contribution in [-0.2, 0) is 6.54 Å². The fourth-order valence-corrected chi connectivity index (χ4v) is 2.27. The maximum absolute atomic E-state index is 5.89. The van der Waals surface area contributed by atoms with Crippen molar-refractivity contribution in [2.45, 2.75) is 26.4 Å². The summed E-state index contributed by atoms with van der Waals surface area (Å²) in [6.45, 7) is 5.22. The molecule has 0 bridgehead atoms. The van der Waals surface area contributed by atoms with Crippen LogP contribution in [0.4, 0.5) is 5.82 Å². The largest absolute Gasteiger partial charge is 0.301 e. The molecule has 0 aromatic carbocycles. The minimum Gasteiger partial charge on any atom is -0.301 e. The zero-order chi connectivity index (χ0) is 10.1. The van der Waals surface area contributed by atoms with Crippen molar-refractivity contribution in [3.63, 3.8) is 0 Å². The van der Waals surface area contributed by atoms with Crippen molar-refractivity contribution in [3.8, 4) is 0 Å². The highest BCUT2D eigenvalue weighted by molar-refractivity contribution is 7.98. The van der Waals surface area contributed by atoms with Gasteiger partial charge < -0.3 is 4.72 Å². The van der Waals surface area contributed by atoms with Crippen LogP contribution >= 0.6 is 23.7 Å². The summed E-state index contributed by atoms with van der Waals surface area (Å²) in [7, 11) is 0. The van der Waals surface area contributed by atoms with Gasteiger partial charge in [0.1, 0.15) is 5.82 Å². The van der Waals surface area contributed by atoms with E-state index in [-0.39, 0.29) is 0 Å². The maximum Gasteiger partial charge on any atom is 0.141 e. The van der Waals surface area contributed by atoms with Gasteiger partial charge in [-0.25, -0.2) is 9.29 Å². The van der Waals surface area contributed by atoms with E-state index in [9.17, 15) is 0 Å². The lowest BCUT2D eigenvalue weighted by Crippen LogP contribution is -2.28. The molecule has 0 amide bonds. The second-order valence-electron chi connectivity index (χ2n) is 3.52. The Hall–Kier alpha value is -0.450. The second kappa shape index (κ2) is 3.96. The molecule has 76 valence electrons. The van der Waals surface area contributed by atoms with E-state index >= 15 is 0 Å². The molecule has 1 aromatic heterocycles. The Balaban J connectivity index is 2.24. The van der Waals surface area contributed by atoms with Crippen molar-refractivity contribution in [1.82, 2.24) is 9.29 Å². The summed E-state index contributed by atoms with van der Waals surface area (Å²) < 4.78 is 5.44. The van der Waals surface area contributed by atoms with E-state index in [1.165, 1.54) is 0 Å². The molecule has 1 aliphatic rings. The van der Waals surface area contributed by atoms with E-state index in [4.69, 9.17) is 11.6 Å². The zero-order valence-corrected chi connectivity index (χ0v) is 9.69. The van der Waals surface area contributed by atoms with Crippen LogP contribution < -0.4 is 4.72 Å². The van der Waals surface area contributed by atoms with E-state index in [2.05, 4.69) is 27.9 Å². The van der Waals surface area contributed by atoms with E-state index < -0.39 is 0 Å². The fraction of sp³-hybridized carbons (Fsp3) is 0.444. The third-order valence-corrected chi connectivity index (χ3v) is 3.37. The van der Waals surface area contributed by atoms with Gasteiger partial charge in [-0.2, -0.15) is 0 Å². The quantitative estimate of drug-likeness (QED) is 0.750. The highest BCUT2D eigenvalue weighted by Crippen LogP contribution is 2.30. The van der Waals surface area contributed by atoms with E-state index in [1.807, 2.05) is 6.07 Å². The van der Waals surface area contributed by atoms with E-state index in [0.29, 0.717) is 11.1 Å². The first kappa shape index (κ1) is 10.1. The Morgan fingerprint density at radius 2 is 2.43 bits per heavy atom. The number of rotatable bonds is 1. The molecule has 5 heteroatoms. The number of nitrogens with one attached hydrogen (secondary N) is 1. The molecule has 0 saturated heterocycles. The summed E-state index contributed by atoms with van der Waals surface area (Å²) in [5.74, 6) is 0.927. The molecular weight excluding hydrogens is 218 g/mol. The van der Waals surface area contributed by atoms with Gasteiger partial charge in [-0.15, -0.1) is 0 Å². The lowest BCUT2D eigenvalue weighted by molar-refractivity contribution is 0.389. The molecule has 14 heavy (non-hydrogen) atoms. The van der Waals surface area contributed by atoms with E-state index in [1.54, 1.807) is 18.3 Å². The van der Waals surface area contributed by atoms with Crippen LogP contribution in [0.2, 0.25) is 5.02 Å². The third-order valence-electron chi connectivity index (χ3n) is 2.09. The number of aromatic nitrogens is 1. The van der Waals surface area contributed by atoms with Gasteiger partial charge in [0.05, 0.1) is 5.02 Å². The monoisotopic (exact) mass is 229 g/mol. The second-order valence-corrected chi connectivity index (χ2v) is 4.82. The van der Waals surface area contributed by atoms with Crippen molar-refractivity contribution in [3.05, 3.63) is 22.8 Å². The molecule has 1 aliphatic heterocycles. The van der Waals surface area contributed by atoms with Crippen LogP contribution in [0, 0.1) is 0 Å². The highest BCUT2D eigenvalue weighted by Gasteiger charge is 2.19. The Kier molecular flexibility index (Phi) is 2.85. The lowest BCUT2D eigenvalue weighted by Gasteiger charge is -2.30. The topological polar surface area (TPSA) is 28.2 Å². The minimum atomic E-state index is 0.500. The number of hydrogen-bond acceptors (Lipinski definition) is 4. The molecule has 1 aromatic rings. The molecule has 1 N–H and O–H groups in total. The molecule has 0 saturated carbocycles. The Morgan fingerprint density at radius 1 is 1.64 bits per heavy atom. The summed E-state index contributed by atoms with van der Waals surface area (Å²) in [4.78, 5) is 4.22. The first-order valence-corrected chi connectivity index (χ1v) is 5.66. The summed E-state index contributed by atoms with van der Waals surface area (Å²) in [6.07, 6.45) is 1.67. The van der Waals surface area contributed by atoms with Gasteiger partial charge in [0.25, 0.3) is 0 Å². The Bertz CT molecular complexity index is 343. The van der Waals surface area contributed by atoms with Crippen molar-refractivity contribution >= 4 is 29.6 Å². The number of hydrogen-bond donors (Lipinski definition) is 1. The molecule has 0 spiro atoms. The Labute approximate surface area is 93.1 Å². The van der Waals surface area contributed by atoms with Crippen LogP contribution in [0.5, 0.6) is 0 Å². The first-order valence-electron chi connectivity index (χ1n) is 4.51. The van der Waals surface area contributed by atoms with Crippen LogP contribution in [0.1, 0.15) is 19.4 Å². The number of pyridine rings is 1. The van der Waals surface area contributed by atoms with Gasteiger partial charge in [0.2, 0.25) is 0 Å². The average Bonchev–Trinajstić information content (AvgIpc) is 2.16. The fourth-order valence-electron chi connectivity index (χ4n) is 1.28. The molecule has 3 nitrogen and oxygen atoms in total. The van der Waals surface area contributed by atoms with Gasteiger partial charge >= 0.3 is 0 Å². The molecule has 0 radical (unpaired) electrons. The molecule has 0 unspecified atom stereocenters. The predicted octanol–water partition coefficient (Wildman–Crippen LogP) is 2.93. The van der Waals surface area contributed by atoms with Gasteiger partial charge in [0.15, 0.2) is 0 Å². The van der Waals surface area contributed by atoms with Crippen molar-refractivity contribution in [1.29, 1.82) is 0 Å². The minimum absolute atomic E-state index is 0.500. The summed E-state index contributed by atoms with van der Waals surface area (Å²) in [5.41, 5.74) is 1.16. The highest BCUT2D eigenvalue weighted by atomic mass is 35.5. The molecular formula is C9H12ClN3S. The first-order chi connectivity index (χ1) is 6.66. The average molecular weight is 230 g/mol. The zero-order valence-electron chi connectivity index (χ0n) is 8.12. The molecule has 2 heterocycles. The maximum atomic E-state index is 5.89. The van der Waals surface area contributed by atoms with E-state index in [0.717, 1.165) is 17.9 Å². The number of anilines is 1. The molecule has 2 rings (SSSR count). The van der Waals surface area contributed by atoms with Gasteiger partial charge in [-0.3, -0.25) is 0 Å². The van der Waals surface area contributed by atoms with Gasteiger partial charge in [-0.05, 0) is 19.9 Å². The number of nitrogens with zero attached hydrogens (tertiary/aromatic N) is 2. The van der Waals surface area contributed by atoms with Crippen LogP contribution in [0.25, 0.3) is 0 Å². The molecule has 0 fully saturated rings. The van der Waals surface area contributed by atoms with Crippen LogP contribution in [0.3, 0.4) is 0 Å². The predicted molar refractivity (Wildman–Crippen MR) is 61.1 cm³/mol. The summed E-state index contributed by atoms with van der Waals surface area (Å²) in [5, 5.41) is 0.696. The smallest absolute Gasteiger partial charge is 0.141 e. The third kappa shape index (κ3) is 1.97. The molecule has 0 atom stereocenters. The Morgan fingerprint density at radius 3 is 3.14 bits per heavy atom. The van der Waals surface area contributed by atoms with Crippen LogP contribution in [-0.4, -0.2) is 15.3 Å². The SMILES string of the molecule is CC(C)N1Cc2cc(Cl)cnc2NS1. The standard InChI is InChI=1S/C9H12ClN3S/c1-6(2)13-5-7-3-8(10)4-11-9(7)12-14-13/h3-4,6H,5H2,1-2H3,(H,11,12). The lowest BCUT2D eigenvalue weighted by atomic mass is 10.2. The number of fused-ring (bicyclic) bond motifs is 1. The van der Waals surface area contributed by atoms with Gasteiger partial charge in [0, 0.05) is 36.5 Å². The van der Waals surface area contributed by atoms with Crippen molar-refractivity contribution in [2.24, 2.45) is 0 Å². The normalized spacial score (nSPS) is 16.6. The summed E-state index contributed by atoms with van der Waals surface area (Å²) >= 11 is 7.49.